The van der Waals surface area contributed by atoms with E-state index in [1.54, 1.807) is 17.0 Å². The molecule has 1 aromatic carbocycles. The molecule has 27 heavy (non-hydrogen) atoms. The third-order valence-corrected chi connectivity index (χ3v) is 4.82. The summed E-state index contributed by atoms with van der Waals surface area (Å²) in [5.74, 6) is -2.14. The van der Waals surface area contributed by atoms with Crippen LogP contribution in [0.2, 0.25) is 0 Å². The first-order chi connectivity index (χ1) is 13.0. The van der Waals surface area contributed by atoms with Crippen molar-refractivity contribution in [3.63, 3.8) is 0 Å². The van der Waals surface area contributed by atoms with Crippen LogP contribution < -0.4 is 5.32 Å². The predicted octanol–water partition coefficient (Wildman–Crippen LogP) is 3.08. The van der Waals surface area contributed by atoms with Crippen molar-refractivity contribution in [2.45, 2.75) is 18.6 Å². The van der Waals surface area contributed by atoms with Crippen molar-refractivity contribution in [1.82, 2.24) is 9.88 Å². The fraction of sp³-hybridized carbons (Fsp3) is 0.368. The third kappa shape index (κ3) is 3.77. The molecule has 0 aliphatic carbocycles. The molecule has 0 bridgehead atoms. The summed E-state index contributed by atoms with van der Waals surface area (Å²) in [6.45, 7) is 2.29. The number of anilines is 2. The van der Waals surface area contributed by atoms with Crippen LogP contribution >= 0.6 is 0 Å². The van der Waals surface area contributed by atoms with Crippen LogP contribution in [0.15, 0.2) is 36.5 Å². The largest absolute Gasteiger partial charge is 0.347 e. The number of nitrogens with zero attached hydrogens (tertiary/aromatic N) is 2. The number of pyridine rings is 1. The van der Waals surface area contributed by atoms with Crippen LogP contribution in [0.5, 0.6) is 0 Å². The summed E-state index contributed by atoms with van der Waals surface area (Å²) in [5.41, 5.74) is 0.820. The lowest BCUT2D eigenvalue weighted by atomic mass is 10.0. The van der Waals surface area contributed by atoms with E-state index in [-0.39, 0.29) is 5.91 Å². The average Bonchev–Trinajstić information content (AvgIpc) is 3.13. The number of rotatable bonds is 3. The van der Waals surface area contributed by atoms with Crippen LogP contribution in [-0.2, 0) is 9.47 Å². The molecule has 2 aliphatic heterocycles. The third-order valence-electron chi connectivity index (χ3n) is 4.82. The summed E-state index contributed by atoms with van der Waals surface area (Å²) >= 11 is 0. The number of carbonyl (C=O) groups excluding carboxylic acids is 1. The van der Waals surface area contributed by atoms with Crippen molar-refractivity contribution in [3.8, 4) is 0 Å². The van der Waals surface area contributed by atoms with E-state index >= 15 is 0 Å². The fourth-order valence-corrected chi connectivity index (χ4v) is 3.37. The van der Waals surface area contributed by atoms with Crippen LogP contribution in [0.1, 0.15) is 23.2 Å². The Morgan fingerprint density at radius 1 is 1.07 bits per heavy atom. The van der Waals surface area contributed by atoms with Crippen LogP contribution in [-0.4, -0.2) is 47.9 Å². The number of piperidine rings is 1. The molecule has 4 rings (SSSR count). The SMILES string of the molecule is O=C(c1ccnc(Nc2ccc(F)c(F)c2)c1)N1CCC2(CC1)OCCO2. The van der Waals surface area contributed by atoms with Gasteiger partial charge in [-0.15, -0.1) is 0 Å². The van der Waals surface area contributed by atoms with Crippen molar-refractivity contribution in [3.05, 3.63) is 53.7 Å². The van der Waals surface area contributed by atoms with Crippen molar-refractivity contribution < 1.29 is 23.0 Å². The first-order valence-corrected chi connectivity index (χ1v) is 8.80. The molecule has 2 fully saturated rings. The molecule has 1 N–H and O–H groups in total. The second-order valence-corrected chi connectivity index (χ2v) is 6.58. The molecule has 1 spiro atoms. The maximum Gasteiger partial charge on any atom is 0.254 e. The van der Waals surface area contributed by atoms with Crippen molar-refractivity contribution >= 4 is 17.4 Å². The maximum absolute atomic E-state index is 13.3. The van der Waals surface area contributed by atoms with Gasteiger partial charge in [-0.1, -0.05) is 0 Å². The van der Waals surface area contributed by atoms with Crippen LogP contribution in [0.4, 0.5) is 20.3 Å². The highest BCUT2D eigenvalue weighted by Crippen LogP contribution is 2.31. The van der Waals surface area contributed by atoms with Gasteiger partial charge < -0.3 is 19.7 Å². The van der Waals surface area contributed by atoms with Gasteiger partial charge >= 0.3 is 0 Å². The van der Waals surface area contributed by atoms with Gasteiger partial charge in [0.1, 0.15) is 5.82 Å². The molecular formula is C19H19F2N3O3. The Morgan fingerprint density at radius 2 is 1.81 bits per heavy atom. The number of hydrogen-bond acceptors (Lipinski definition) is 5. The van der Waals surface area contributed by atoms with Crippen molar-refractivity contribution in [2.75, 3.05) is 31.6 Å². The monoisotopic (exact) mass is 375 g/mol. The number of aromatic nitrogens is 1. The molecular weight excluding hydrogens is 356 g/mol. The number of hydrogen-bond donors (Lipinski definition) is 1. The van der Waals surface area contributed by atoms with Gasteiger partial charge in [0.05, 0.1) is 13.2 Å². The zero-order valence-electron chi connectivity index (χ0n) is 14.6. The van der Waals surface area contributed by atoms with E-state index in [4.69, 9.17) is 9.47 Å². The Morgan fingerprint density at radius 3 is 2.52 bits per heavy atom. The van der Waals surface area contributed by atoms with Crippen LogP contribution in [0, 0.1) is 11.6 Å². The Balaban J connectivity index is 1.44. The minimum absolute atomic E-state index is 0.112. The normalized spacial score (nSPS) is 18.7. The smallest absolute Gasteiger partial charge is 0.254 e. The Labute approximate surface area is 155 Å². The fourth-order valence-electron chi connectivity index (χ4n) is 3.37. The highest BCUT2D eigenvalue weighted by molar-refractivity contribution is 5.95. The molecule has 1 aromatic heterocycles. The molecule has 0 unspecified atom stereocenters. The van der Waals surface area contributed by atoms with Gasteiger partial charge in [-0.3, -0.25) is 4.79 Å². The number of benzene rings is 1. The first kappa shape index (κ1) is 17.8. The van der Waals surface area contributed by atoms with Gasteiger partial charge in [0.15, 0.2) is 17.4 Å². The molecule has 8 heteroatoms. The maximum atomic E-state index is 13.3. The van der Waals surface area contributed by atoms with Gasteiger partial charge in [-0.05, 0) is 24.3 Å². The predicted molar refractivity (Wildman–Crippen MR) is 93.7 cm³/mol. The highest BCUT2D eigenvalue weighted by Gasteiger charge is 2.40. The summed E-state index contributed by atoms with van der Waals surface area (Å²) in [7, 11) is 0. The van der Waals surface area contributed by atoms with Gasteiger partial charge in [0.25, 0.3) is 5.91 Å². The number of ether oxygens (including phenoxy) is 2. The Kier molecular flexibility index (Phi) is 4.75. The highest BCUT2D eigenvalue weighted by atomic mass is 19.2. The topological polar surface area (TPSA) is 63.7 Å². The molecule has 142 valence electrons. The lowest BCUT2D eigenvalue weighted by Gasteiger charge is -2.37. The average molecular weight is 375 g/mol. The van der Waals surface area contributed by atoms with E-state index in [1.165, 1.54) is 12.3 Å². The summed E-state index contributed by atoms with van der Waals surface area (Å²) in [6.07, 6.45) is 2.79. The lowest BCUT2D eigenvalue weighted by Crippen LogP contribution is -2.47. The van der Waals surface area contributed by atoms with E-state index in [9.17, 15) is 13.6 Å². The number of nitrogens with one attached hydrogen (secondary N) is 1. The number of carbonyl (C=O) groups is 1. The number of halogens is 2. The van der Waals surface area contributed by atoms with Gasteiger partial charge in [0.2, 0.25) is 0 Å². The Hall–Kier alpha value is -2.58. The van der Waals surface area contributed by atoms with Crippen LogP contribution in [0.25, 0.3) is 0 Å². The summed E-state index contributed by atoms with van der Waals surface area (Å²) < 4.78 is 37.7. The zero-order chi connectivity index (χ0) is 18.9. The van der Waals surface area contributed by atoms with E-state index in [1.807, 2.05) is 0 Å². The first-order valence-electron chi connectivity index (χ1n) is 8.80. The summed E-state index contributed by atoms with van der Waals surface area (Å²) in [5, 5.41) is 2.88. The van der Waals surface area contributed by atoms with E-state index in [2.05, 4.69) is 10.3 Å². The van der Waals surface area contributed by atoms with Crippen molar-refractivity contribution in [2.24, 2.45) is 0 Å². The van der Waals surface area contributed by atoms with E-state index < -0.39 is 17.4 Å². The second-order valence-electron chi connectivity index (χ2n) is 6.58. The lowest BCUT2D eigenvalue weighted by molar-refractivity contribution is -0.181. The molecule has 2 aromatic rings. The number of likely N-dealkylation sites (tertiary alicyclic amines) is 1. The molecule has 0 atom stereocenters. The molecule has 6 nitrogen and oxygen atoms in total. The summed E-state index contributed by atoms with van der Waals surface area (Å²) in [6, 6.07) is 6.70. The molecule has 2 saturated heterocycles. The van der Waals surface area contributed by atoms with Gasteiger partial charge in [-0.2, -0.15) is 0 Å². The minimum Gasteiger partial charge on any atom is -0.347 e. The molecule has 1 amide bonds. The Bertz CT molecular complexity index is 846. The minimum atomic E-state index is -0.953. The molecule has 3 heterocycles. The second kappa shape index (κ2) is 7.21. The van der Waals surface area contributed by atoms with Crippen molar-refractivity contribution in [1.29, 1.82) is 0 Å². The zero-order valence-corrected chi connectivity index (χ0v) is 14.6. The van der Waals surface area contributed by atoms with E-state index in [0.29, 0.717) is 56.2 Å². The van der Waals surface area contributed by atoms with Crippen LogP contribution in [0.3, 0.4) is 0 Å². The quantitative estimate of drug-likeness (QED) is 0.893. The molecule has 0 radical (unpaired) electrons. The molecule has 2 aliphatic rings. The summed E-state index contributed by atoms with van der Waals surface area (Å²) in [4.78, 5) is 18.7. The van der Waals surface area contributed by atoms with Gasteiger partial charge in [-0.25, -0.2) is 13.8 Å². The van der Waals surface area contributed by atoms with Gasteiger partial charge in [0, 0.05) is 49.4 Å². The molecule has 0 saturated carbocycles. The standard InChI is InChI=1S/C19H19F2N3O3/c20-15-2-1-14(12-16(15)21)23-17-11-13(3-6-22-17)18(25)24-7-4-19(5-8-24)26-9-10-27-19/h1-3,6,11-12H,4-5,7-10H2,(H,22,23). The van der Waals surface area contributed by atoms with E-state index in [0.717, 1.165) is 12.1 Å². The number of amides is 1.